The van der Waals surface area contributed by atoms with Crippen molar-refractivity contribution in [1.29, 1.82) is 0 Å². The molecule has 0 atom stereocenters. The van der Waals surface area contributed by atoms with Crippen molar-refractivity contribution in [2.45, 2.75) is 4.90 Å². The molecule has 0 unspecified atom stereocenters. The molecule has 0 radical (unpaired) electrons. The summed E-state index contributed by atoms with van der Waals surface area (Å²) in [6, 6.07) is 10.3. The van der Waals surface area contributed by atoms with Crippen molar-refractivity contribution < 1.29 is 8.42 Å². The van der Waals surface area contributed by atoms with Crippen LogP contribution >= 0.6 is 23.6 Å². The minimum Gasteiger partial charge on any atom is -0.331 e. The Kier molecular flexibility index (Phi) is 5.83. The Bertz CT molecular complexity index is 799. The summed E-state index contributed by atoms with van der Waals surface area (Å²) in [5.41, 5.74) is 3.25. The Morgan fingerprint density at radius 2 is 2.09 bits per heavy atom. The molecule has 0 aliphatic carbocycles. The summed E-state index contributed by atoms with van der Waals surface area (Å²) in [4.78, 5) is 1.19. The number of hydrogen-bond donors (Lipinski definition) is 2. The monoisotopic (exact) mass is 368 g/mol. The van der Waals surface area contributed by atoms with Gasteiger partial charge in [-0.05, 0) is 41.9 Å². The van der Waals surface area contributed by atoms with E-state index in [1.165, 1.54) is 26.2 Å². The van der Waals surface area contributed by atoms with E-state index in [0.717, 1.165) is 9.18 Å². The third-order valence-corrected chi connectivity index (χ3v) is 5.58. The van der Waals surface area contributed by atoms with Crippen molar-refractivity contribution in [3.05, 3.63) is 46.7 Å². The van der Waals surface area contributed by atoms with Gasteiger partial charge in [0.05, 0.1) is 11.1 Å². The van der Waals surface area contributed by atoms with E-state index >= 15 is 0 Å². The van der Waals surface area contributed by atoms with E-state index in [1.54, 1.807) is 29.7 Å². The molecule has 2 rings (SSSR count). The second-order valence-electron chi connectivity index (χ2n) is 4.65. The normalized spacial score (nSPS) is 11.8. The van der Waals surface area contributed by atoms with Crippen LogP contribution in [-0.2, 0) is 10.0 Å². The van der Waals surface area contributed by atoms with Gasteiger partial charge in [-0.1, -0.05) is 12.1 Å². The maximum absolute atomic E-state index is 12.1. The molecule has 6 nitrogen and oxygen atoms in total. The van der Waals surface area contributed by atoms with Gasteiger partial charge in [0.2, 0.25) is 10.0 Å². The molecule has 0 fully saturated rings. The smallest absolute Gasteiger partial charge is 0.242 e. The third-order valence-electron chi connectivity index (χ3n) is 2.77. The van der Waals surface area contributed by atoms with Crippen molar-refractivity contribution in [3.63, 3.8) is 0 Å². The van der Waals surface area contributed by atoms with E-state index in [0.29, 0.717) is 5.69 Å². The lowest BCUT2D eigenvalue weighted by atomic mass is 10.3. The Balaban J connectivity index is 2.01. The average Bonchev–Trinajstić information content (AvgIpc) is 3.00. The summed E-state index contributed by atoms with van der Waals surface area (Å²) in [6.07, 6.45) is 1.66. The van der Waals surface area contributed by atoms with Crippen molar-refractivity contribution in [3.8, 4) is 0 Å². The number of nitrogens with one attached hydrogen (secondary N) is 2. The molecule has 1 heterocycles. The zero-order valence-electron chi connectivity index (χ0n) is 12.6. The van der Waals surface area contributed by atoms with Crippen LogP contribution in [0.2, 0.25) is 0 Å². The SMILES string of the molecule is CN(C)S(=O)(=O)c1cccc(NC(=S)NN=Cc2cccs2)c1. The highest BCUT2D eigenvalue weighted by molar-refractivity contribution is 7.89. The Morgan fingerprint density at radius 1 is 1.30 bits per heavy atom. The van der Waals surface area contributed by atoms with Gasteiger partial charge in [0.15, 0.2) is 5.11 Å². The van der Waals surface area contributed by atoms with E-state index in [9.17, 15) is 8.42 Å². The molecule has 0 aliphatic heterocycles. The quantitative estimate of drug-likeness (QED) is 0.481. The van der Waals surface area contributed by atoms with Crippen LogP contribution in [0.5, 0.6) is 0 Å². The summed E-state index contributed by atoms with van der Waals surface area (Å²) in [5.74, 6) is 0. The van der Waals surface area contributed by atoms with Crippen molar-refractivity contribution in [2.75, 3.05) is 19.4 Å². The van der Waals surface area contributed by atoms with Gasteiger partial charge in [0.1, 0.15) is 0 Å². The van der Waals surface area contributed by atoms with E-state index in [-0.39, 0.29) is 10.0 Å². The number of thiophene rings is 1. The Labute approximate surface area is 144 Å². The van der Waals surface area contributed by atoms with Crippen molar-refractivity contribution >= 4 is 50.6 Å². The zero-order chi connectivity index (χ0) is 16.9. The number of anilines is 1. The lowest BCUT2D eigenvalue weighted by Crippen LogP contribution is -2.25. The summed E-state index contributed by atoms with van der Waals surface area (Å²) < 4.78 is 25.4. The minimum absolute atomic E-state index is 0.192. The van der Waals surface area contributed by atoms with Crippen LogP contribution in [0, 0.1) is 0 Å². The highest BCUT2D eigenvalue weighted by Crippen LogP contribution is 2.17. The predicted octanol–water partition coefficient (Wildman–Crippen LogP) is 2.32. The van der Waals surface area contributed by atoms with Gasteiger partial charge < -0.3 is 5.32 Å². The molecule has 0 aliphatic rings. The van der Waals surface area contributed by atoms with Gasteiger partial charge in [-0.2, -0.15) is 5.10 Å². The number of thiocarbonyl (C=S) groups is 1. The molecular formula is C14H16N4O2S3. The lowest BCUT2D eigenvalue weighted by Gasteiger charge is -2.13. The third kappa shape index (κ3) is 4.83. The molecule has 0 saturated heterocycles. The van der Waals surface area contributed by atoms with Crippen LogP contribution in [0.1, 0.15) is 4.88 Å². The molecule has 2 aromatic rings. The summed E-state index contributed by atoms with van der Waals surface area (Å²) in [5, 5.41) is 9.14. The molecule has 9 heteroatoms. The fourth-order valence-electron chi connectivity index (χ4n) is 1.62. The minimum atomic E-state index is -3.48. The van der Waals surface area contributed by atoms with Gasteiger partial charge in [0, 0.05) is 24.7 Å². The van der Waals surface area contributed by atoms with Crippen molar-refractivity contribution in [1.82, 2.24) is 9.73 Å². The number of hydrazone groups is 1. The Hall–Kier alpha value is -1.81. The first-order chi connectivity index (χ1) is 10.9. The maximum Gasteiger partial charge on any atom is 0.242 e. The van der Waals surface area contributed by atoms with E-state index in [4.69, 9.17) is 12.2 Å². The standard InChI is InChI=1S/C14H16N4O2S3/c1-18(2)23(19,20)13-7-3-5-11(9-13)16-14(21)17-15-10-12-6-4-8-22-12/h3-10H,1-2H3,(H2,16,17,21). The first-order valence-electron chi connectivity index (χ1n) is 6.56. The number of rotatable bonds is 5. The topological polar surface area (TPSA) is 73.8 Å². The fraction of sp³-hybridized carbons (Fsp3) is 0.143. The maximum atomic E-state index is 12.1. The van der Waals surface area contributed by atoms with Crippen LogP contribution in [0.3, 0.4) is 0 Å². The molecule has 0 spiro atoms. The molecule has 0 saturated carbocycles. The summed E-state index contributed by atoms with van der Waals surface area (Å²) in [6.45, 7) is 0. The molecular weight excluding hydrogens is 352 g/mol. The molecule has 0 amide bonds. The molecule has 0 bridgehead atoms. The largest absolute Gasteiger partial charge is 0.331 e. The first-order valence-corrected chi connectivity index (χ1v) is 9.28. The molecule has 122 valence electrons. The second kappa shape index (κ2) is 7.64. The Morgan fingerprint density at radius 3 is 2.74 bits per heavy atom. The first kappa shape index (κ1) is 17.5. The number of nitrogens with zero attached hydrogens (tertiary/aromatic N) is 2. The molecule has 2 N–H and O–H groups in total. The van der Waals surface area contributed by atoms with Crippen LogP contribution in [-0.4, -0.2) is 38.1 Å². The average molecular weight is 369 g/mol. The van der Waals surface area contributed by atoms with E-state index in [1.807, 2.05) is 17.5 Å². The number of sulfonamides is 1. The van der Waals surface area contributed by atoms with E-state index in [2.05, 4.69) is 15.8 Å². The van der Waals surface area contributed by atoms with Gasteiger partial charge in [0.25, 0.3) is 0 Å². The van der Waals surface area contributed by atoms with Crippen molar-refractivity contribution in [2.24, 2.45) is 5.10 Å². The van der Waals surface area contributed by atoms with Gasteiger partial charge >= 0.3 is 0 Å². The van der Waals surface area contributed by atoms with Crippen LogP contribution in [0.15, 0.2) is 51.8 Å². The predicted molar refractivity (Wildman–Crippen MR) is 98.6 cm³/mol. The van der Waals surface area contributed by atoms with Crippen LogP contribution in [0.25, 0.3) is 0 Å². The molecule has 23 heavy (non-hydrogen) atoms. The van der Waals surface area contributed by atoms with Gasteiger partial charge in [-0.25, -0.2) is 12.7 Å². The number of benzene rings is 1. The summed E-state index contributed by atoms with van der Waals surface area (Å²) in [7, 11) is -0.506. The second-order valence-corrected chi connectivity index (χ2v) is 8.19. The van der Waals surface area contributed by atoms with Crippen LogP contribution in [0.4, 0.5) is 5.69 Å². The number of hydrogen-bond acceptors (Lipinski definition) is 5. The van der Waals surface area contributed by atoms with Crippen LogP contribution < -0.4 is 10.7 Å². The fourth-order valence-corrected chi connectivity index (χ4v) is 3.33. The van der Waals surface area contributed by atoms with E-state index < -0.39 is 10.0 Å². The van der Waals surface area contributed by atoms with Gasteiger partial charge in [-0.15, -0.1) is 11.3 Å². The molecule has 1 aromatic heterocycles. The summed E-state index contributed by atoms with van der Waals surface area (Å²) >= 11 is 6.69. The zero-order valence-corrected chi connectivity index (χ0v) is 15.0. The lowest BCUT2D eigenvalue weighted by molar-refractivity contribution is 0.521. The highest BCUT2D eigenvalue weighted by Gasteiger charge is 2.17. The molecule has 1 aromatic carbocycles. The van der Waals surface area contributed by atoms with Gasteiger partial charge in [-0.3, -0.25) is 5.43 Å². The highest BCUT2D eigenvalue weighted by atomic mass is 32.2.